The molecule has 3 unspecified atom stereocenters. The molecule has 1 saturated heterocycles. The maximum Gasteiger partial charge on any atom is 0.221 e. The molecule has 4 nitrogen and oxygen atoms in total. The van der Waals surface area contributed by atoms with Crippen molar-refractivity contribution in [2.24, 2.45) is 0 Å². The lowest BCUT2D eigenvalue weighted by Gasteiger charge is -2.15. The van der Waals surface area contributed by atoms with Gasteiger partial charge in [0.25, 0.3) is 0 Å². The van der Waals surface area contributed by atoms with Gasteiger partial charge in [-0.25, -0.2) is 0 Å². The minimum Gasteiger partial charge on any atom is -0.354 e. The van der Waals surface area contributed by atoms with E-state index >= 15 is 0 Å². The van der Waals surface area contributed by atoms with Crippen molar-refractivity contribution < 1.29 is 9.00 Å². The molecule has 16 heavy (non-hydrogen) atoms. The zero-order valence-electron chi connectivity index (χ0n) is 10.1. The first-order valence-corrected chi connectivity index (χ1v) is 7.63. The van der Waals surface area contributed by atoms with E-state index in [0.29, 0.717) is 18.2 Å². The average Bonchev–Trinajstić information content (AvgIpc) is 2.67. The van der Waals surface area contributed by atoms with Crippen molar-refractivity contribution in [1.29, 1.82) is 0 Å². The van der Waals surface area contributed by atoms with Gasteiger partial charge >= 0.3 is 0 Å². The summed E-state index contributed by atoms with van der Waals surface area (Å²) in [5.41, 5.74) is 0. The molecule has 94 valence electrons. The molecule has 1 amide bonds. The lowest BCUT2D eigenvalue weighted by Crippen LogP contribution is -2.37. The van der Waals surface area contributed by atoms with Gasteiger partial charge in [0.15, 0.2) is 0 Å². The number of carbonyl (C=O) groups is 1. The minimum absolute atomic E-state index is 0.105. The van der Waals surface area contributed by atoms with Gasteiger partial charge in [-0.05, 0) is 32.7 Å². The Morgan fingerprint density at radius 3 is 2.94 bits per heavy atom. The molecule has 0 aromatic carbocycles. The van der Waals surface area contributed by atoms with E-state index in [-0.39, 0.29) is 11.9 Å². The third-order valence-corrected chi connectivity index (χ3v) is 3.65. The molecular formula is C11H22N2O2S. The van der Waals surface area contributed by atoms with E-state index in [2.05, 4.69) is 10.6 Å². The fourth-order valence-corrected chi connectivity index (χ4v) is 2.59. The van der Waals surface area contributed by atoms with Crippen LogP contribution in [0.3, 0.4) is 0 Å². The van der Waals surface area contributed by atoms with Gasteiger partial charge in [-0.3, -0.25) is 9.00 Å². The summed E-state index contributed by atoms with van der Waals surface area (Å²) in [5, 5.41) is 6.25. The lowest BCUT2D eigenvalue weighted by atomic mass is 10.1. The Balaban J connectivity index is 2.14. The van der Waals surface area contributed by atoms with Crippen molar-refractivity contribution in [3.63, 3.8) is 0 Å². The highest BCUT2D eigenvalue weighted by molar-refractivity contribution is 7.84. The maximum atomic E-state index is 11.6. The summed E-state index contributed by atoms with van der Waals surface area (Å²) in [6, 6.07) is 0.477. The van der Waals surface area contributed by atoms with Crippen LogP contribution < -0.4 is 10.6 Å². The molecule has 2 N–H and O–H groups in total. The van der Waals surface area contributed by atoms with Crippen LogP contribution in [0.4, 0.5) is 0 Å². The number of hydrogen-bond donors (Lipinski definition) is 2. The summed E-state index contributed by atoms with van der Waals surface area (Å²) in [5.74, 6) is 0.761. The highest BCUT2D eigenvalue weighted by atomic mass is 32.2. The van der Waals surface area contributed by atoms with Crippen molar-refractivity contribution in [3.8, 4) is 0 Å². The Morgan fingerprint density at radius 1 is 1.62 bits per heavy atom. The molecule has 1 aliphatic rings. The highest BCUT2D eigenvalue weighted by Gasteiger charge is 2.18. The van der Waals surface area contributed by atoms with Crippen LogP contribution in [0.1, 0.15) is 32.6 Å². The number of amides is 1. The predicted molar refractivity (Wildman–Crippen MR) is 66.8 cm³/mol. The van der Waals surface area contributed by atoms with Crippen LogP contribution in [0.5, 0.6) is 0 Å². The van der Waals surface area contributed by atoms with E-state index in [4.69, 9.17) is 0 Å². The fourth-order valence-electron chi connectivity index (χ4n) is 1.90. The number of rotatable bonds is 6. The van der Waals surface area contributed by atoms with Gasteiger partial charge in [0.2, 0.25) is 5.91 Å². The number of hydrogen-bond acceptors (Lipinski definition) is 3. The van der Waals surface area contributed by atoms with E-state index in [1.165, 1.54) is 6.42 Å². The van der Waals surface area contributed by atoms with Crippen LogP contribution >= 0.6 is 0 Å². The summed E-state index contributed by atoms with van der Waals surface area (Å²) in [6.07, 6.45) is 5.31. The molecule has 0 radical (unpaired) electrons. The quantitative estimate of drug-likeness (QED) is 0.713. The Morgan fingerprint density at radius 2 is 2.38 bits per heavy atom. The van der Waals surface area contributed by atoms with Crippen molar-refractivity contribution in [2.45, 2.75) is 44.7 Å². The van der Waals surface area contributed by atoms with E-state index < -0.39 is 10.8 Å². The van der Waals surface area contributed by atoms with E-state index in [1.54, 1.807) is 6.26 Å². The van der Waals surface area contributed by atoms with Gasteiger partial charge in [-0.15, -0.1) is 0 Å². The largest absolute Gasteiger partial charge is 0.354 e. The molecule has 1 aliphatic heterocycles. The first-order chi connectivity index (χ1) is 7.58. The topological polar surface area (TPSA) is 58.2 Å². The van der Waals surface area contributed by atoms with Gasteiger partial charge in [-0.1, -0.05) is 0 Å². The summed E-state index contributed by atoms with van der Waals surface area (Å²) < 4.78 is 10.9. The summed E-state index contributed by atoms with van der Waals surface area (Å²) in [4.78, 5) is 11.6. The Kier molecular flexibility index (Phi) is 5.98. The lowest BCUT2D eigenvalue weighted by molar-refractivity contribution is -0.122. The molecule has 0 bridgehead atoms. The molecule has 1 rings (SSSR count). The monoisotopic (exact) mass is 246 g/mol. The molecular weight excluding hydrogens is 224 g/mol. The van der Waals surface area contributed by atoms with Crippen molar-refractivity contribution >= 4 is 16.7 Å². The normalized spacial score (nSPS) is 24.0. The summed E-state index contributed by atoms with van der Waals surface area (Å²) in [6.45, 7) is 3.00. The molecule has 1 fully saturated rings. The molecule has 0 spiro atoms. The van der Waals surface area contributed by atoms with Crippen molar-refractivity contribution in [3.05, 3.63) is 0 Å². The molecule has 0 aliphatic carbocycles. The van der Waals surface area contributed by atoms with Gasteiger partial charge in [0.1, 0.15) is 0 Å². The van der Waals surface area contributed by atoms with Crippen LogP contribution in [0.15, 0.2) is 0 Å². The van der Waals surface area contributed by atoms with Crippen LogP contribution in [-0.2, 0) is 15.6 Å². The Bertz CT molecular complexity index is 252. The second-order valence-corrected chi connectivity index (χ2v) is 6.09. The van der Waals surface area contributed by atoms with E-state index in [0.717, 1.165) is 19.4 Å². The molecule has 0 aromatic rings. The number of nitrogens with one attached hydrogen (secondary N) is 2. The van der Waals surface area contributed by atoms with Gasteiger partial charge < -0.3 is 10.6 Å². The SMILES string of the molecule is CC(CCS(C)=O)NC(=O)CC1CCCN1. The van der Waals surface area contributed by atoms with Crippen molar-refractivity contribution in [2.75, 3.05) is 18.6 Å². The van der Waals surface area contributed by atoms with Gasteiger partial charge in [0, 0.05) is 41.3 Å². The highest BCUT2D eigenvalue weighted by Crippen LogP contribution is 2.08. The van der Waals surface area contributed by atoms with Crippen molar-refractivity contribution in [1.82, 2.24) is 10.6 Å². The van der Waals surface area contributed by atoms with Gasteiger partial charge in [0.05, 0.1) is 0 Å². The van der Waals surface area contributed by atoms with Gasteiger partial charge in [-0.2, -0.15) is 0 Å². The molecule has 0 saturated carbocycles. The smallest absolute Gasteiger partial charge is 0.221 e. The Labute approximate surface area is 100 Å². The van der Waals surface area contributed by atoms with Crippen LogP contribution in [-0.4, -0.2) is 40.8 Å². The van der Waals surface area contributed by atoms with Crippen LogP contribution in [0.25, 0.3) is 0 Å². The maximum absolute atomic E-state index is 11.6. The minimum atomic E-state index is -0.769. The zero-order chi connectivity index (χ0) is 12.0. The second kappa shape index (κ2) is 7.01. The fraction of sp³-hybridized carbons (Fsp3) is 0.909. The predicted octanol–water partition coefficient (Wildman–Crippen LogP) is 0.402. The summed E-state index contributed by atoms with van der Waals surface area (Å²) >= 11 is 0. The second-order valence-electron chi connectivity index (χ2n) is 4.53. The molecule has 1 heterocycles. The van der Waals surface area contributed by atoms with E-state index in [9.17, 15) is 9.00 Å². The first-order valence-electron chi connectivity index (χ1n) is 5.90. The number of carbonyl (C=O) groups excluding carboxylic acids is 1. The molecule has 5 heteroatoms. The third-order valence-electron chi connectivity index (χ3n) is 2.84. The summed E-state index contributed by atoms with van der Waals surface area (Å²) in [7, 11) is -0.769. The van der Waals surface area contributed by atoms with Crippen LogP contribution in [0.2, 0.25) is 0 Å². The Hall–Kier alpha value is -0.420. The standard InChI is InChI=1S/C11H22N2O2S/c1-9(5-7-16(2)15)13-11(14)8-10-4-3-6-12-10/h9-10,12H,3-8H2,1-2H3,(H,13,14). The molecule has 0 aromatic heterocycles. The zero-order valence-corrected chi connectivity index (χ0v) is 10.9. The first kappa shape index (κ1) is 13.6. The molecule has 3 atom stereocenters. The third kappa shape index (κ3) is 5.61. The average molecular weight is 246 g/mol. The van der Waals surface area contributed by atoms with Crippen LogP contribution in [0, 0.1) is 0 Å². The van der Waals surface area contributed by atoms with E-state index in [1.807, 2.05) is 6.92 Å².